The van der Waals surface area contributed by atoms with Gasteiger partial charge in [0.25, 0.3) is 0 Å². The van der Waals surface area contributed by atoms with Gasteiger partial charge in [-0.05, 0) is 30.2 Å². The van der Waals surface area contributed by atoms with E-state index in [2.05, 4.69) is 45.0 Å². The Balaban J connectivity index is 1.32. The van der Waals surface area contributed by atoms with Gasteiger partial charge in [-0.1, -0.05) is 30.3 Å². The Kier molecular flexibility index (Phi) is 4.30. The topological polar surface area (TPSA) is 59.3 Å². The summed E-state index contributed by atoms with van der Waals surface area (Å²) in [4.78, 5) is 17.4. The summed E-state index contributed by atoms with van der Waals surface area (Å²) in [6.45, 7) is 0.636. The minimum atomic E-state index is 0.140. The van der Waals surface area contributed by atoms with Gasteiger partial charge in [0.1, 0.15) is 6.33 Å². The second kappa shape index (κ2) is 6.73. The lowest BCUT2D eigenvalue weighted by Gasteiger charge is -2.16. The Morgan fingerprint density at radius 2 is 2.17 bits per heavy atom. The van der Waals surface area contributed by atoms with Crippen LogP contribution in [0.5, 0.6) is 0 Å². The third kappa shape index (κ3) is 3.33. The van der Waals surface area contributed by atoms with Crippen molar-refractivity contribution in [3.63, 3.8) is 0 Å². The first-order chi connectivity index (χ1) is 11.8. The molecule has 5 nitrogen and oxygen atoms in total. The summed E-state index contributed by atoms with van der Waals surface area (Å²) in [5.74, 6) is 1.17. The molecule has 1 aromatic carbocycles. The minimum Gasteiger partial charge on any atom is -0.356 e. The average Bonchev–Trinajstić information content (AvgIpc) is 3.21. The first-order valence-corrected chi connectivity index (χ1v) is 9.27. The highest BCUT2D eigenvalue weighted by Crippen LogP contribution is 2.44. The smallest absolute Gasteiger partial charge is 0.220 e. The third-order valence-corrected chi connectivity index (χ3v) is 5.50. The maximum atomic E-state index is 12.4. The van der Waals surface area contributed by atoms with E-state index in [1.807, 2.05) is 10.6 Å². The van der Waals surface area contributed by atoms with E-state index in [4.69, 9.17) is 0 Å². The Bertz CT molecular complexity index is 822. The number of fused-ring (bicyclic) bond motifs is 1. The molecule has 24 heavy (non-hydrogen) atoms. The standard InChI is InChI=1S/C18H20N4OS/c23-17(10-16(14-6-7-14)13-4-2-1-3-5-13)19-9-8-15-11-24-18-20-12-21-22(15)18/h1-5,11-12,14,16H,6-10H2,(H,19,23). The highest BCUT2D eigenvalue weighted by Gasteiger charge is 2.33. The number of nitrogens with one attached hydrogen (secondary N) is 1. The van der Waals surface area contributed by atoms with E-state index in [-0.39, 0.29) is 5.91 Å². The number of hydrogen-bond acceptors (Lipinski definition) is 4. The van der Waals surface area contributed by atoms with Gasteiger partial charge in [-0.15, -0.1) is 11.3 Å². The van der Waals surface area contributed by atoms with E-state index in [9.17, 15) is 4.79 Å². The SMILES string of the molecule is O=C(CC(c1ccccc1)C1CC1)NCCc1csc2ncnn12. The number of carbonyl (C=O) groups excluding carboxylic acids is 1. The van der Waals surface area contributed by atoms with Crippen LogP contribution in [0, 0.1) is 5.92 Å². The van der Waals surface area contributed by atoms with Crippen molar-refractivity contribution >= 4 is 22.2 Å². The molecule has 0 radical (unpaired) electrons. The van der Waals surface area contributed by atoms with E-state index in [1.54, 1.807) is 17.7 Å². The molecule has 1 aliphatic carbocycles. The zero-order valence-corrected chi connectivity index (χ0v) is 14.2. The van der Waals surface area contributed by atoms with Crippen LogP contribution < -0.4 is 5.32 Å². The molecular weight excluding hydrogens is 320 g/mol. The van der Waals surface area contributed by atoms with Crippen LogP contribution in [-0.2, 0) is 11.2 Å². The van der Waals surface area contributed by atoms with Gasteiger partial charge in [0.15, 0.2) is 0 Å². The number of rotatable bonds is 7. The summed E-state index contributed by atoms with van der Waals surface area (Å²) in [6, 6.07) is 10.4. The van der Waals surface area contributed by atoms with E-state index < -0.39 is 0 Å². The van der Waals surface area contributed by atoms with Crippen LogP contribution in [0.25, 0.3) is 4.96 Å². The molecule has 1 atom stereocenters. The van der Waals surface area contributed by atoms with Crippen molar-refractivity contribution in [2.24, 2.45) is 5.92 Å². The first kappa shape index (κ1) is 15.3. The van der Waals surface area contributed by atoms with Gasteiger partial charge in [0.2, 0.25) is 10.9 Å². The van der Waals surface area contributed by atoms with Crippen molar-refractivity contribution in [2.45, 2.75) is 31.6 Å². The monoisotopic (exact) mass is 340 g/mol. The van der Waals surface area contributed by atoms with Gasteiger partial charge >= 0.3 is 0 Å². The largest absolute Gasteiger partial charge is 0.356 e. The van der Waals surface area contributed by atoms with Crippen molar-refractivity contribution in [3.8, 4) is 0 Å². The van der Waals surface area contributed by atoms with E-state index >= 15 is 0 Å². The molecule has 0 spiro atoms. The molecule has 0 aliphatic heterocycles. The van der Waals surface area contributed by atoms with Crippen molar-refractivity contribution in [1.29, 1.82) is 0 Å². The minimum absolute atomic E-state index is 0.140. The Labute approximate surface area is 144 Å². The van der Waals surface area contributed by atoms with Gasteiger partial charge in [0.05, 0.1) is 5.69 Å². The molecule has 1 amide bonds. The highest BCUT2D eigenvalue weighted by atomic mass is 32.1. The predicted molar refractivity (Wildman–Crippen MR) is 94.1 cm³/mol. The fourth-order valence-corrected chi connectivity index (χ4v) is 4.03. The maximum absolute atomic E-state index is 12.4. The van der Waals surface area contributed by atoms with E-state index in [0.29, 0.717) is 24.8 Å². The molecule has 1 saturated carbocycles. The van der Waals surface area contributed by atoms with Crippen LogP contribution in [0.1, 0.15) is 36.4 Å². The first-order valence-electron chi connectivity index (χ1n) is 8.39. The van der Waals surface area contributed by atoms with Gasteiger partial charge < -0.3 is 5.32 Å². The number of hydrogen-bond donors (Lipinski definition) is 1. The number of nitrogens with zero attached hydrogens (tertiary/aromatic N) is 3. The molecule has 0 bridgehead atoms. The Morgan fingerprint density at radius 1 is 1.33 bits per heavy atom. The number of amides is 1. The molecule has 1 unspecified atom stereocenters. The molecule has 124 valence electrons. The van der Waals surface area contributed by atoms with Crippen molar-refractivity contribution < 1.29 is 4.79 Å². The molecule has 1 aliphatic rings. The van der Waals surface area contributed by atoms with Crippen molar-refractivity contribution in [2.75, 3.05) is 6.54 Å². The van der Waals surface area contributed by atoms with E-state index in [1.165, 1.54) is 18.4 Å². The number of thiazole rings is 1. The highest BCUT2D eigenvalue weighted by molar-refractivity contribution is 7.15. The zero-order valence-electron chi connectivity index (χ0n) is 13.4. The molecule has 0 saturated heterocycles. The molecule has 1 N–H and O–H groups in total. The fraction of sp³-hybridized carbons (Fsp3) is 0.389. The third-order valence-electron chi connectivity index (χ3n) is 4.62. The summed E-state index contributed by atoms with van der Waals surface area (Å²) >= 11 is 1.58. The van der Waals surface area contributed by atoms with Gasteiger partial charge in [-0.2, -0.15) is 5.10 Å². The molecule has 1 fully saturated rings. The van der Waals surface area contributed by atoms with Crippen molar-refractivity contribution in [3.05, 3.63) is 53.3 Å². The number of carbonyl (C=O) groups is 1. The number of aromatic nitrogens is 3. The quantitative estimate of drug-likeness (QED) is 0.719. The van der Waals surface area contributed by atoms with Crippen LogP contribution in [0.15, 0.2) is 42.0 Å². The fourth-order valence-electron chi connectivity index (χ4n) is 3.20. The number of benzene rings is 1. The molecular formula is C18H20N4OS. The summed E-state index contributed by atoms with van der Waals surface area (Å²) in [5, 5.41) is 9.32. The van der Waals surface area contributed by atoms with Gasteiger partial charge in [-0.3, -0.25) is 4.79 Å². The van der Waals surface area contributed by atoms with Crippen LogP contribution in [0.2, 0.25) is 0 Å². The Hall–Kier alpha value is -2.21. The van der Waals surface area contributed by atoms with Crippen LogP contribution in [0.3, 0.4) is 0 Å². The van der Waals surface area contributed by atoms with Crippen molar-refractivity contribution in [1.82, 2.24) is 19.9 Å². The second-order valence-electron chi connectivity index (χ2n) is 6.34. The maximum Gasteiger partial charge on any atom is 0.220 e. The van der Waals surface area contributed by atoms with Crippen LogP contribution >= 0.6 is 11.3 Å². The molecule has 2 aromatic heterocycles. The predicted octanol–water partition coefficient (Wildman–Crippen LogP) is 3.03. The lowest BCUT2D eigenvalue weighted by atomic mass is 9.91. The lowest BCUT2D eigenvalue weighted by Crippen LogP contribution is -2.27. The second-order valence-corrected chi connectivity index (χ2v) is 7.18. The summed E-state index contributed by atoms with van der Waals surface area (Å²) < 4.78 is 1.84. The Morgan fingerprint density at radius 3 is 2.96 bits per heavy atom. The average molecular weight is 340 g/mol. The zero-order chi connectivity index (χ0) is 16.4. The van der Waals surface area contributed by atoms with E-state index in [0.717, 1.165) is 17.1 Å². The summed E-state index contributed by atoms with van der Waals surface area (Å²) in [6.07, 6.45) is 5.40. The van der Waals surface area contributed by atoms with Gasteiger partial charge in [-0.25, -0.2) is 9.50 Å². The molecule has 6 heteroatoms. The summed E-state index contributed by atoms with van der Waals surface area (Å²) in [7, 11) is 0. The normalized spacial score (nSPS) is 15.5. The van der Waals surface area contributed by atoms with Crippen LogP contribution in [-0.4, -0.2) is 27.0 Å². The van der Waals surface area contributed by atoms with Gasteiger partial charge in [0, 0.05) is 24.8 Å². The lowest BCUT2D eigenvalue weighted by molar-refractivity contribution is -0.121. The molecule has 3 aromatic rings. The molecule has 2 heterocycles. The molecule has 4 rings (SSSR count). The van der Waals surface area contributed by atoms with Crippen LogP contribution in [0.4, 0.5) is 0 Å². The summed E-state index contributed by atoms with van der Waals surface area (Å²) in [5.41, 5.74) is 2.38.